The van der Waals surface area contributed by atoms with E-state index < -0.39 is 0 Å². The fourth-order valence-corrected chi connectivity index (χ4v) is 3.52. The third kappa shape index (κ3) is 3.25. The molecule has 3 heteroatoms. The van der Waals surface area contributed by atoms with Crippen molar-refractivity contribution in [1.82, 2.24) is 10.2 Å². The molecule has 104 valence electrons. The number of amides is 1. The van der Waals surface area contributed by atoms with Crippen molar-refractivity contribution in [2.24, 2.45) is 5.92 Å². The van der Waals surface area contributed by atoms with Gasteiger partial charge in [0.15, 0.2) is 0 Å². The Labute approximate surface area is 111 Å². The lowest BCUT2D eigenvalue weighted by atomic mass is 9.82. The lowest BCUT2D eigenvalue weighted by Crippen LogP contribution is -2.50. The van der Waals surface area contributed by atoms with Crippen molar-refractivity contribution in [1.29, 1.82) is 0 Å². The van der Waals surface area contributed by atoms with Gasteiger partial charge in [-0.25, -0.2) is 0 Å². The normalized spacial score (nSPS) is 30.4. The molecule has 2 rings (SSSR count). The van der Waals surface area contributed by atoms with Crippen LogP contribution in [-0.4, -0.2) is 36.0 Å². The van der Waals surface area contributed by atoms with Crippen molar-refractivity contribution >= 4 is 5.91 Å². The summed E-state index contributed by atoms with van der Waals surface area (Å²) in [6.45, 7) is 6.25. The molecule has 1 N–H and O–H groups in total. The van der Waals surface area contributed by atoms with E-state index in [9.17, 15) is 4.79 Å². The molecule has 2 aliphatic rings. The summed E-state index contributed by atoms with van der Waals surface area (Å²) < 4.78 is 0. The SMILES string of the molecule is CCC1CCCCC1NC(C)C(=O)N1CCCC1. The maximum Gasteiger partial charge on any atom is 0.239 e. The minimum absolute atomic E-state index is 0.000231. The first-order chi connectivity index (χ1) is 8.72. The zero-order valence-electron chi connectivity index (χ0n) is 12.0. The van der Waals surface area contributed by atoms with Gasteiger partial charge in [0.2, 0.25) is 5.91 Å². The average Bonchev–Trinajstić information content (AvgIpc) is 2.92. The van der Waals surface area contributed by atoms with Gasteiger partial charge in [0.05, 0.1) is 6.04 Å². The molecule has 18 heavy (non-hydrogen) atoms. The van der Waals surface area contributed by atoms with Gasteiger partial charge in [-0.05, 0) is 38.5 Å². The van der Waals surface area contributed by atoms with Gasteiger partial charge in [-0.3, -0.25) is 4.79 Å². The second-order valence-corrected chi connectivity index (χ2v) is 5.98. The molecule has 0 spiro atoms. The Morgan fingerprint density at radius 3 is 2.56 bits per heavy atom. The first-order valence-electron chi connectivity index (χ1n) is 7.77. The summed E-state index contributed by atoms with van der Waals surface area (Å²) in [6, 6.07) is 0.561. The largest absolute Gasteiger partial charge is 0.341 e. The molecule has 1 amide bonds. The standard InChI is InChI=1S/C15H28N2O/c1-3-13-8-4-5-9-14(13)16-12(2)15(18)17-10-6-7-11-17/h12-14,16H,3-11H2,1-2H3. The van der Waals surface area contributed by atoms with E-state index in [1.54, 1.807) is 0 Å². The number of carbonyl (C=O) groups excluding carboxylic acids is 1. The van der Waals surface area contributed by atoms with Crippen LogP contribution in [0, 0.1) is 5.92 Å². The van der Waals surface area contributed by atoms with E-state index in [4.69, 9.17) is 0 Å². The topological polar surface area (TPSA) is 32.3 Å². The lowest BCUT2D eigenvalue weighted by molar-refractivity contribution is -0.132. The highest BCUT2D eigenvalue weighted by molar-refractivity contribution is 5.81. The fourth-order valence-electron chi connectivity index (χ4n) is 3.52. The molecule has 3 nitrogen and oxygen atoms in total. The van der Waals surface area contributed by atoms with Crippen LogP contribution >= 0.6 is 0 Å². The Morgan fingerprint density at radius 2 is 1.89 bits per heavy atom. The van der Waals surface area contributed by atoms with Gasteiger partial charge in [-0.15, -0.1) is 0 Å². The van der Waals surface area contributed by atoms with Gasteiger partial charge in [0.25, 0.3) is 0 Å². The van der Waals surface area contributed by atoms with E-state index >= 15 is 0 Å². The number of likely N-dealkylation sites (tertiary alicyclic amines) is 1. The zero-order chi connectivity index (χ0) is 13.0. The Kier molecular flexibility index (Phi) is 5.04. The van der Waals surface area contributed by atoms with Crippen molar-refractivity contribution in [3.63, 3.8) is 0 Å². The number of nitrogens with zero attached hydrogens (tertiary/aromatic N) is 1. The zero-order valence-corrected chi connectivity index (χ0v) is 12.0. The number of nitrogens with one attached hydrogen (secondary N) is 1. The van der Waals surface area contributed by atoms with Crippen molar-refractivity contribution in [2.75, 3.05) is 13.1 Å². The van der Waals surface area contributed by atoms with Gasteiger partial charge >= 0.3 is 0 Å². The number of hydrogen-bond acceptors (Lipinski definition) is 2. The van der Waals surface area contributed by atoms with Crippen molar-refractivity contribution in [2.45, 2.75) is 70.9 Å². The summed E-state index contributed by atoms with van der Waals surface area (Å²) in [4.78, 5) is 14.3. The Hall–Kier alpha value is -0.570. The van der Waals surface area contributed by atoms with Gasteiger partial charge in [-0.1, -0.05) is 26.2 Å². The van der Waals surface area contributed by atoms with Gasteiger partial charge in [0, 0.05) is 19.1 Å². The van der Waals surface area contributed by atoms with Crippen LogP contribution in [-0.2, 0) is 4.79 Å². The molecule has 1 heterocycles. The number of hydrogen-bond donors (Lipinski definition) is 1. The first kappa shape index (κ1) is 13.9. The average molecular weight is 252 g/mol. The molecule has 1 saturated carbocycles. The maximum atomic E-state index is 12.3. The molecule has 0 aromatic rings. The highest BCUT2D eigenvalue weighted by Crippen LogP contribution is 2.27. The van der Waals surface area contributed by atoms with E-state index in [0.29, 0.717) is 11.9 Å². The van der Waals surface area contributed by atoms with Crippen LogP contribution < -0.4 is 5.32 Å². The summed E-state index contributed by atoms with van der Waals surface area (Å²) in [6.07, 6.45) is 8.86. The maximum absolute atomic E-state index is 12.3. The van der Waals surface area contributed by atoms with E-state index in [0.717, 1.165) is 19.0 Å². The molecule has 0 aromatic heterocycles. The molecule has 2 fully saturated rings. The van der Waals surface area contributed by atoms with Gasteiger partial charge in [0.1, 0.15) is 0 Å². The molecule has 3 unspecified atom stereocenters. The highest BCUT2D eigenvalue weighted by atomic mass is 16.2. The molecule has 0 bridgehead atoms. The fraction of sp³-hybridized carbons (Fsp3) is 0.933. The Balaban J connectivity index is 1.84. The van der Waals surface area contributed by atoms with Crippen molar-refractivity contribution < 1.29 is 4.79 Å². The van der Waals surface area contributed by atoms with Gasteiger partial charge < -0.3 is 10.2 Å². The summed E-state index contributed by atoms with van der Waals surface area (Å²) >= 11 is 0. The van der Waals surface area contributed by atoms with Crippen LogP contribution in [0.3, 0.4) is 0 Å². The minimum atomic E-state index is 0.000231. The summed E-state index contributed by atoms with van der Waals surface area (Å²) in [5.41, 5.74) is 0. The van der Waals surface area contributed by atoms with E-state index in [1.165, 1.54) is 44.9 Å². The molecule has 1 aliphatic carbocycles. The third-order valence-electron chi connectivity index (χ3n) is 4.69. The van der Waals surface area contributed by atoms with Crippen LogP contribution in [0.15, 0.2) is 0 Å². The van der Waals surface area contributed by atoms with E-state index in [2.05, 4.69) is 12.2 Å². The third-order valence-corrected chi connectivity index (χ3v) is 4.69. The second kappa shape index (κ2) is 6.55. The predicted octanol–water partition coefficient (Wildman–Crippen LogP) is 2.56. The summed E-state index contributed by atoms with van der Waals surface area (Å²) in [7, 11) is 0. The molecule has 1 saturated heterocycles. The number of carbonyl (C=O) groups is 1. The van der Waals surface area contributed by atoms with Crippen LogP contribution in [0.4, 0.5) is 0 Å². The predicted molar refractivity (Wildman–Crippen MR) is 74.4 cm³/mol. The first-order valence-corrected chi connectivity index (χ1v) is 7.77. The molecule has 1 aliphatic heterocycles. The molecule has 0 radical (unpaired) electrons. The van der Waals surface area contributed by atoms with E-state index in [1.807, 2.05) is 11.8 Å². The Morgan fingerprint density at radius 1 is 1.22 bits per heavy atom. The minimum Gasteiger partial charge on any atom is -0.341 e. The lowest BCUT2D eigenvalue weighted by Gasteiger charge is -2.34. The van der Waals surface area contributed by atoms with Crippen LogP contribution in [0.1, 0.15) is 58.8 Å². The van der Waals surface area contributed by atoms with Crippen molar-refractivity contribution in [3.8, 4) is 0 Å². The molecule has 3 atom stereocenters. The van der Waals surface area contributed by atoms with Gasteiger partial charge in [-0.2, -0.15) is 0 Å². The summed E-state index contributed by atoms with van der Waals surface area (Å²) in [5.74, 6) is 1.08. The van der Waals surface area contributed by atoms with Crippen molar-refractivity contribution in [3.05, 3.63) is 0 Å². The number of rotatable bonds is 4. The summed E-state index contributed by atoms with van der Waals surface area (Å²) in [5, 5.41) is 3.61. The quantitative estimate of drug-likeness (QED) is 0.834. The second-order valence-electron chi connectivity index (χ2n) is 5.98. The van der Waals surface area contributed by atoms with E-state index in [-0.39, 0.29) is 6.04 Å². The molecule has 0 aromatic carbocycles. The molecular formula is C15H28N2O. The highest BCUT2D eigenvalue weighted by Gasteiger charge is 2.29. The monoisotopic (exact) mass is 252 g/mol. The molecular weight excluding hydrogens is 224 g/mol. The van der Waals surface area contributed by atoms with Crippen LogP contribution in [0.5, 0.6) is 0 Å². The van der Waals surface area contributed by atoms with Crippen LogP contribution in [0.2, 0.25) is 0 Å². The Bertz CT molecular complexity index is 274. The smallest absolute Gasteiger partial charge is 0.239 e. The van der Waals surface area contributed by atoms with Crippen LogP contribution in [0.25, 0.3) is 0 Å².